The van der Waals surface area contributed by atoms with E-state index in [0.717, 1.165) is 21.2 Å². The summed E-state index contributed by atoms with van der Waals surface area (Å²) >= 11 is 9.40. The number of rotatable bonds is 3. The first-order valence-corrected chi connectivity index (χ1v) is 6.92. The van der Waals surface area contributed by atoms with Gasteiger partial charge in [-0.25, -0.2) is 0 Å². The third kappa shape index (κ3) is 3.35. The maximum Gasteiger partial charge on any atom is 0.0833 e. The molecule has 1 unspecified atom stereocenters. The van der Waals surface area contributed by atoms with Gasteiger partial charge < -0.3 is 5.11 Å². The zero-order valence-corrected chi connectivity index (χ0v) is 12.4. The second kappa shape index (κ2) is 5.87. The molecule has 0 aliphatic carbocycles. The fourth-order valence-corrected chi connectivity index (χ4v) is 2.59. The Morgan fingerprint density at radius 1 is 1.22 bits per heavy atom. The number of benzene rings is 2. The monoisotopic (exact) mass is 324 g/mol. The van der Waals surface area contributed by atoms with E-state index in [0.29, 0.717) is 11.4 Å². The lowest BCUT2D eigenvalue weighted by molar-refractivity contribution is 0.177. The Morgan fingerprint density at radius 2 is 2.00 bits per heavy atom. The normalized spacial score (nSPS) is 12.4. The van der Waals surface area contributed by atoms with Gasteiger partial charge in [0.25, 0.3) is 0 Å². The number of aliphatic hydroxyl groups is 1. The van der Waals surface area contributed by atoms with Crippen LogP contribution < -0.4 is 0 Å². The average molecular weight is 326 g/mol. The summed E-state index contributed by atoms with van der Waals surface area (Å²) < 4.78 is 1.02. The van der Waals surface area contributed by atoms with Crippen molar-refractivity contribution >= 4 is 27.5 Å². The van der Waals surface area contributed by atoms with Gasteiger partial charge in [0.15, 0.2) is 0 Å². The van der Waals surface area contributed by atoms with Crippen molar-refractivity contribution in [3.8, 4) is 0 Å². The third-order valence-corrected chi connectivity index (χ3v) is 3.65. The minimum absolute atomic E-state index is 0.530. The van der Waals surface area contributed by atoms with E-state index in [2.05, 4.69) is 15.9 Å². The Balaban J connectivity index is 2.21. The van der Waals surface area contributed by atoms with E-state index in [1.165, 1.54) is 0 Å². The molecule has 0 saturated heterocycles. The van der Waals surface area contributed by atoms with E-state index in [4.69, 9.17) is 11.6 Å². The minimum atomic E-state index is -0.530. The number of aliphatic hydroxyl groups excluding tert-OH is 1. The van der Waals surface area contributed by atoms with Crippen LogP contribution in [-0.4, -0.2) is 5.11 Å². The summed E-state index contributed by atoms with van der Waals surface area (Å²) in [5.74, 6) is 0. The highest BCUT2D eigenvalue weighted by Gasteiger charge is 2.12. The van der Waals surface area contributed by atoms with E-state index >= 15 is 0 Å². The van der Waals surface area contributed by atoms with E-state index < -0.39 is 6.10 Å². The molecule has 0 fully saturated rings. The molecule has 2 rings (SSSR count). The summed E-state index contributed by atoms with van der Waals surface area (Å²) in [6.45, 7) is 1.98. The van der Waals surface area contributed by atoms with Crippen molar-refractivity contribution in [1.29, 1.82) is 0 Å². The first kappa shape index (κ1) is 13.6. The summed E-state index contributed by atoms with van der Waals surface area (Å²) in [5, 5.41) is 11.0. The third-order valence-electron chi connectivity index (χ3n) is 2.92. The first-order valence-electron chi connectivity index (χ1n) is 5.75. The molecule has 0 saturated carbocycles. The second-order valence-corrected chi connectivity index (χ2v) is 5.70. The van der Waals surface area contributed by atoms with Crippen LogP contribution in [0.1, 0.15) is 22.8 Å². The molecular weight excluding hydrogens is 312 g/mol. The van der Waals surface area contributed by atoms with Crippen LogP contribution in [0.4, 0.5) is 0 Å². The number of halogens is 2. The summed E-state index contributed by atoms with van der Waals surface area (Å²) in [6, 6.07) is 13.6. The molecule has 0 amide bonds. The molecule has 0 radical (unpaired) electrons. The molecule has 3 heteroatoms. The van der Waals surface area contributed by atoms with Crippen molar-refractivity contribution in [1.82, 2.24) is 0 Å². The van der Waals surface area contributed by atoms with Crippen LogP contribution in [0, 0.1) is 6.92 Å². The fraction of sp³-hybridized carbons (Fsp3) is 0.200. The molecule has 0 bridgehead atoms. The van der Waals surface area contributed by atoms with Crippen molar-refractivity contribution in [3.05, 3.63) is 68.7 Å². The minimum Gasteiger partial charge on any atom is -0.388 e. The molecule has 1 N–H and O–H groups in total. The van der Waals surface area contributed by atoms with Crippen molar-refractivity contribution in [2.24, 2.45) is 0 Å². The number of aryl methyl sites for hydroxylation is 1. The van der Waals surface area contributed by atoms with E-state index in [-0.39, 0.29) is 0 Å². The summed E-state index contributed by atoms with van der Waals surface area (Å²) in [4.78, 5) is 0. The average Bonchev–Trinajstić information content (AvgIpc) is 2.32. The number of hydrogen-bond donors (Lipinski definition) is 1. The molecule has 1 nitrogen and oxygen atoms in total. The van der Waals surface area contributed by atoms with Crippen LogP contribution in [0.2, 0.25) is 5.02 Å². The zero-order valence-electron chi connectivity index (χ0n) is 10.0. The van der Waals surface area contributed by atoms with Gasteiger partial charge in [-0.05, 0) is 47.9 Å². The lowest BCUT2D eigenvalue weighted by atomic mass is 9.98. The van der Waals surface area contributed by atoms with Crippen LogP contribution in [0.3, 0.4) is 0 Å². The molecule has 0 spiro atoms. The van der Waals surface area contributed by atoms with Gasteiger partial charge in [0.05, 0.1) is 6.10 Å². The summed E-state index contributed by atoms with van der Waals surface area (Å²) in [7, 11) is 0. The largest absolute Gasteiger partial charge is 0.388 e. The van der Waals surface area contributed by atoms with E-state index in [9.17, 15) is 5.11 Å². The summed E-state index contributed by atoms with van der Waals surface area (Å²) in [6.07, 6.45) is 0.0543. The van der Waals surface area contributed by atoms with Crippen molar-refractivity contribution in [3.63, 3.8) is 0 Å². The Hall–Kier alpha value is -0.830. The van der Waals surface area contributed by atoms with Gasteiger partial charge >= 0.3 is 0 Å². The molecule has 1 atom stereocenters. The molecule has 0 heterocycles. The molecule has 18 heavy (non-hydrogen) atoms. The molecule has 0 aliphatic rings. The topological polar surface area (TPSA) is 20.2 Å². The molecule has 94 valence electrons. The van der Waals surface area contributed by atoms with Gasteiger partial charge in [-0.15, -0.1) is 0 Å². The summed E-state index contributed by atoms with van der Waals surface area (Å²) in [5.41, 5.74) is 3.04. The first-order chi connectivity index (χ1) is 8.56. The second-order valence-electron chi connectivity index (χ2n) is 4.35. The standard InChI is InChI=1S/C15H14BrClO/c1-10-5-6-13(17)9-14(10)15(18)8-11-3-2-4-12(16)7-11/h2-7,9,15,18H,8H2,1H3. The zero-order chi connectivity index (χ0) is 13.1. The van der Waals surface area contributed by atoms with Crippen LogP contribution in [-0.2, 0) is 6.42 Å². The highest BCUT2D eigenvalue weighted by molar-refractivity contribution is 9.10. The van der Waals surface area contributed by atoms with Gasteiger partial charge in [-0.1, -0.05) is 45.7 Å². The van der Waals surface area contributed by atoms with Crippen molar-refractivity contribution < 1.29 is 5.11 Å². The van der Waals surface area contributed by atoms with Gasteiger partial charge in [0, 0.05) is 15.9 Å². The lowest BCUT2D eigenvalue weighted by Crippen LogP contribution is -2.04. The maximum atomic E-state index is 10.3. The van der Waals surface area contributed by atoms with Crippen LogP contribution in [0.15, 0.2) is 46.9 Å². The van der Waals surface area contributed by atoms with E-state index in [1.54, 1.807) is 0 Å². The van der Waals surface area contributed by atoms with Gasteiger partial charge in [0.2, 0.25) is 0 Å². The quantitative estimate of drug-likeness (QED) is 0.868. The lowest BCUT2D eigenvalue weighted by Gasteiger charge is -2.14. The highest BCUT2D eigenvalue weighted by atomic mass is 79.9. The SMILES string of the molecule is Cc1ccc(Cl)cc1C(O)Cc1cccc(Br)c1. The molecule has 0 aromatic heterocycles. The molecular formula is C15H14BrClO. The van der Waals surface area contributed by atoms with Crippen LogP contribution in [0.5, 0.6) is 0 Å². The van der Waals surface area contributed by atoms with Gasteiger partial charge in [-0.3, -0.25) is 0 Å². The fourth-order valence-electron chi connectivity index (χ4n) is 1.97. The Kier molecular flexibility index (Phi) is 4.44. The van der Waals surface area contributed by atoms with Gasteiger partial charge in [-0.2, -0.15) is 0 Å². The smallest absolute Gasteiger partial charge is 0.0833 e. The predicted molar refractivity (Wildman–Crippen MR) is 79.0 cm³/mol. The molecule has 2 aromatic carbocycles. The van der Waals surface area contributed by atoms with Crippen molar-refractivity contribution in [2.45, 2.75) is 19.4 Å². The molecule has 2 aromatic rings. The highest BCUT2D eigenvalue weighted by Crippen LogP contribution is 2.25. The Labute approximate surface area is 121 Å². The van der Waals surface area contributed by atoms with Crippen LogP contribution in [0.25, 0.3) is 0 Å². The maximum absolute atomic E-state index is 10.3. The van der Waals surface area contributed by atoms with E-state index in [1.807, 2.05) is 49.4 Å². The predicted octanol–water partition coefficient (Wildman–Crippen LogP) is 4.69. The Morgan fingerprint density at radius 3 is 2.72 bits per heavy atom. The van der Waals surface area contributed by atoms with Crippen LogP contribution >= 0.6 is 27.5 Å². The molecule has 0 aliphatic heterocycles. The van der Waals surface area contributed by atoms with Crippen molar-refractivity contribution in [2.75, 3.05) is 0 Å². The number of hydrogen-bond acceptors (Lipinski definition) is 1. The Bertz CT molecular complexity index is 554. The van der Waals surface area contributed by atoms with Gasteiger partial charge in [0.1, 0.15) is 0 Å².